The van der Waals surface area contributed by atoms with E-state index in [1.165, 1.54) is 11.1 Å². The molecule has 0 spiro atoms. The summed E-state index contributed by atoms with van der Waals surface area (Å²) in [6, 6.07) is 70.2. The summed E-state index contributed by atoms with van der Waals surface area (Å²) in [5, 5.41) is 2.23. The van der Waals surface area contributed by atoms with Gasteiger partial charge in [-0.1, -0.05) is 94.9 Å². The molecule has 0 N–H and O–H groups in total. The number of pyridine rings is 2. The van der Waals surface area contributed by atoms with Gasteiger partial charge in [0.05, 0.1) is 33.5 Å². The van der Waals surface area contributed by atoms with Crippen molar-refractivity contribution >= 4 is 49.8 Å². The van der Waals surface area contributed by atoms with E-state index in [-0.39, 0.29) is 20.1 Å². The third kappa shape index (κ3) is 7.67. The van der Waals surface area contributed by atoms with Crippen molar-refractivity contribution in [1.29, 1.82) is 0 Å². The number of hydrogen-bond acceptors (Lipinski definition) is 5. The largest absolute Gasteiger partial charge is 3.00 e. The third-order valence-electron chi connectivity index (χ3n) is 12.4. The molecule has 68 heavy (non-hydrogen) atoms. The van der Waals surface area contributed by atoms with Crippen molar-refractivity contribution in [2.45, 2.75) is 12.8 Å². The molecule has 7 aromatic carbocycles. The molecule has 0 unspecified atom stereocenters. The van der Waals surface area contributed by atoms with Gasteiger partial charge in [0.15, 0.2) is 0 Å². The van der Waals surface area contributed by atoms with Gasteiger partial charge in [-0.25, -0.2) is 4.98 Å². The number of para-hydroxylation sites is 3. The second-order valence-electron chi connectivity index (χ2n) is 16.5. The summed E-state index contributed by atoms with van der Waals surface area (Å²) < 4.78 is 12.6. The van der Waals surface area contributed by atoms with Crippen LogP contribution < -0.4 is 0 Å². The van der Waals surface area contributed by atoms with Gasteiger partial charge in [-0.05, 0) is 83.9 Å². The SMILES string of the molecule is Cn1ccnc1-c1[c-]ccc2c1oc1ccccc12.[Ir+3].[c-]1ccc(-c2cccc3nc4n(-c5ccccc5)c5ccc(CCc6cccnc6-c6[c-]cccc6)cc5n4c23)cc1-c1ccccn1. The Kier molecular flexibility index (Phi) is 11.4. The summed E-state index contributed by atoms with van der Waals surface area (Å²) in [7, 11) is 1.97. The van der Waals surface area contributed by atoms with Crippen LogP contribution in [0.15, 0.2) is 205 Å². The van der Waals surface area contributed by atoms with Crippen molar-refractivity contribution in [3.8, 4) is 50.7 Å². The van der Waals surface area contributed by atoms with Crippen molar-refractivity contribution in [2.24, 2.45) is 7.05 Å². The van der Waals surface area contributed by atoms with E-state index in [1.54, 1.807) is 6.20 Å². The number of furan rings is 1. The van der Waals surface area contributed by atoms with Crippen LogP contribution in [0.1, 0.15) is 11.1 Å². The molecule has 0 radical (unpaired) electrons. The number of aryl methyl sites for hydroxylation is 3. The molecular formula is C59H40IrN7O. The number of aromatic nitrogens is 7. The number of rotatable bonds is 8. The van der Waals surface area contributed by atoms with Gasteiger partial charge in [-0.2, -0.15) is 0 Å². The van der Waals surface area contributed by atoms with E-state index in [1.807, 2.05) is 109 Å². The molecule has 0 aliphatic carbocycles. The molecule has 6 aromatic heterocycles. The first-order valence-electron chi connectivity index (χ1n) is 22.3. The van der Waals surface area contributed by atoms with Gasteiger partial charge in [0.2, 0.25) is 5.78 Å². The Morgan fingerprint density at radius 3 is 2.29 bits per heavy atom. The molecule has 0 amide bonds. The Labute approximate surface area is 406 Å². The molecule has 13 aromatic rings. The zero-order valence-electron chi connectivity index (χ0n) is 36.8. The quantitative estimate of drug-likeness (QED) is 0.142. The molecule has 0 saturated heterocycles. The van der Waals surface area contributed by atoms with Gasteiger partial charge in [0.1, 0.15) is 5.58 Å². The van der Waals surface area contributed by atoms with E-state index in [9.17, 15) is 0 Å². The van der Waals surface area contributed by atoms with Crippen molar-refractivity contribution in [3.63, 3.8) is 0 Å². The van der Waals surface area contributed by atoms with Crippen molar-refractivity contribution in [2.75, 3.05) is 0 Å². The van der Waals surface area contributed by atoms with E-state index >= 15 is 0 Å². The predicted molar refractivity (Wildman–Crippen MR) is 268 cm³/mol. The van der Waals surface area contributed by atoms with Crippen LogP contribution in [0.4, 0.5) is 0 Å². The zero-order chi connectivity index (χ0) is 44.7. The van der Waals surface area contributed by atoms with Gasteiger partial charge in [-0.3, -0.25) is 14.0 Å². The zero-order valence-corrected chi connectivity index (χ0v) is 39.2. The first kappa shape index (κ1) is 42.4. The molecule has 8 nitrogen and oxygen atoms in total. The van der Waals surface area contributed by atoms with E-state index < -0.39 is 0 Å². The minimum absolute atomic E-state index is 0. The Bertz CT molecular complexity index is 3890. The maximum Gasteiger partial charge on any atom is 3.00 e. The fourth-order valence-corrected chi connectivity index (χ4v) is 9.23. The predicted octanol–water partition coefficient (Wildman–Crippen LogP) is 13.4. The number of benzene rings is 7. The molecule has 0 aliphatic rings. The summed E-state index contributed by atoms with van der Waals surface area (Å²) in [4.78, 5) is 18.9. The van der Waals surface area contributed by atoms with E-state index in [0.717, 1.165) is 113 Å². The minimum Gasteiger partial charge on any atom is -0.501 e. The monoisotopic (exact) mass is 1060 g/mol. The van der Waals surface area contributed by atoms with Crippen LogP contribution in [0, 0.1) is 18.2 Å². The smallest absolute Gasteiger partial charge is 0.501 e. The molecule has 0 aliphatic heterocycles. The normalized spacial score (nSPS) is 11.3. The van der Waals surface area contributed by atoms with Crippen LogP contribution in [0.2, 0.25) is 0 Å². The molecule has 0 fully saturated rings. The van der Waals surface area contributed by atoms with Crippen LogP contribution in [0.25, 0.3) is 100 Å². The topological polar surface area (TPSA) is 79.0 Å². The average molecular weight is 1060 g/mol. The minimum atomic E-state index is 0. The molecular weight excluding hydrogens is 1010 g/mol. The molecule has 0 saturated carbocycles. The Balaban J connectivity index is 0.000000211. The molecule has 0 atom stereocenters. The standard InChI is InChI=1S/C43H29N5.C16H11N2O.Ir/c1-3-12-31(13-4-1)41-32(16-11-27-45-41)24-22-30-23-25-39-40(28-30)48-42-36(33-14-9-15-34(29-33)37-20-7-8-26-44-37)19-10-21-38(42)46-43(48)47(39)35-17-5-2-6-18-35;1-18-10-9-17-16(18)13-7-4-6-12-11-5-2-3-8-14(11)19-15(12)13;/h1-12,14,16-21,23,25-29H,22,24H2;2-6,8-10H,1H3;/q-2;-1;+3. The van der Waals surface area contributed by atoms with Gasteiger partial charge in [0, 0.05) is 42.9 Å². The fourth-order valence-electron chi connectivity index (χ4n) is 9.23. The number of nitrogens with zero attached hydrogens (tertiary/aromatic N) is 7. The van der Waals surface area contributed by atoms with Crippen LogP contribution in [0.5, 0.6) is 0 Å². The molecule has 326 valence electrons. The summed E-state index contributed by atoms with van der Waals surface area (Å²) in [5.74, 6) is 1.75. The summed E-state index contributed by atoms with van der Waals surface area (Å²) in [5.41, 5.74) is 16.5. The van der Waals surface area contributed by atoms with Crippen LogP contribution in [-0.2, 0) is 40.0 Å². The number of hydrogen-bond donors (Lipinski definition) is 0. The van der Waals surface area contributed by atoms with Crippen molar-refractivity contribution in [1.82, 2.24) is 33.5 Å². The van der Waals surface area contributed by atoms with Crippen molar-refractivity contribution < 1.29 is 24.5 Å². The molecule has 6 heterocycles. The van der Waals surface area contributed by atoms with Crippen LogP contribution >= 0.6 is 0 Å². The average Bonchev–Trinajstić information content (AvgIpc) is 4.18. The summed E-state index contributed by atoms with van der Waals surface area (Å²) in [6.07, 6.45) is 9.13. The van der Waals surface area contributed by atoms with Crippen molar-refractivity contribution in [3.05, 3.63) is 230 Å². The van der Waals surface area contributed by atoms with Gasteiger partial charge in [-0.15, -0.1) is 83.9 Å². The van der Waals surface area contributed by atoms with Gasteiger partial charge in [0.25, 0.3) is 0 Å². The Morgan fingerprint density at radius 2 is 1.44 bits per heavy atom. The number of imidazole rings is 3. The molecule has 13 rings (SSSR count). The molecule has 9 heteroatoms. The van der Waals surface area contributed by atoms with E-state index in [4.69, 9.17) is 14.4 Å². The van der Waals surface area contributed by atoms with Gasteiger partial charge >= 0.3 is 20.1 Å². The third-order valence-corrected chi connectivity index (χ3v) is 12.4. The maximum absolute atomic E-state index is 5.98. The summed E-state index contributed by atoms with van der Waals surface area (Å²) >= 11 is 0. The fraction of sp³-hybridized carbons (Fsp3) is 0.0508. The second-order valence-corrected chi connectivity index (χ2v) is 16.5. The Morgan fingerprint density at radius 1 is 0.603 bits per heavy atom. The maximum atomic E-state index is 5.98. The van der Waals surface area contributed by atoms with Gasteiger partial charge < -0.3 is 19.0 Å². The van der Waals surface area contributed by atoms with Crippen LogP contribution in [-0.4, -0.2) is 33.5 Å². The number of fused-ring (bicyclic) bond motifs is 8. The summed E-state index contributed by atoms with van der Waals surface area (Å²) in [6.45, 7) is 0. The Hall–Kier alpha value is -8.23. The van der Waals surface area contributed by atoms with E-state index in [2.05, 4.69) is 134 Å². The van der Waals surface area contributed by atoms with Crippen LogP contribution in [0.3, 0.4) is 0 Å². The second kappa shape index (κ2) is 18.2. The molecule has 0 bridgehead atoms. The first-order valence-corrected chi connectivity index (χ1v) is 22.3. The first-order chi connectivity index (χ1) is 33.2. The van der Waals surface area contributed by atoms with E-state index in [0.29, 0.717) is 0 Å².